The molecule has 3 N–H and O–H groups in total. The second-order valence-corrected chi connectivity index (χ2v) is 7.93. The number of aromatic carboxylic acids is 1. The molecule has 1 aromatic carbocycles. The van der Waals surface area contributed by atoms with Crippen LogP contribution in [-0.4, -0.2) is 51.6 Å². The molecule has 3 rings (SSSR count). The number of fused-ring (bicyclic) bond motifs is 1. The predicted molar refractivity (Wildman–Crippen MR) is 93.0 cm³/mol. The summed E-state index contributed by atoms with van der Waals surface area (Å²) in [6.07, 6.45) is 0. The lowest BCUT2D eigenvalue weighted by molar-refractivity contribution is -0.114. The fourth-order valence-corrected chi connectivity index (χ4v) is 4.56. The first kappa shape index (κ1) is 17.8. The molecule has 0 fully saturated rings. The highest BCUT2D eigenvalue weighted by Gasteiger charge is 2.30. The lowest BCUT2D eigenvalue weighted by Gasteiger charge is -2.07. The molecule has 0 unspecified atom stereocenters. The van der Waals surface area contributed by atoms with Crippen LogP contribution >= 0.6 is 11.3 Å². The van der Waals surface area contributed by atoms with Gasteiger partial charge in [-0.3, -0.25) is 10.1 Å². The fourth-order valence-electron chi connectivity index (χ4n) is 2.22. The largest absolute Gasteiger partial charge is 0.478 e. The summed E-state index contributed by atoms with van der Waals surface area (Å²) in [5.74, 6) is -2.18. The van der Waals surface area contributed by atoms with Gasteiger partial charge in [0.15, 0.2) is 0 Å². The Morgan fingerprint density at radius 1 is 1.27 bits per heavy atom. The van der Waals surface area contributed by atoms with Gasteiger partial charge in [0.05, 0.1) is 11.1 Å². The quantitative estimate of drug-likeness (QED) is 0.568. The first-order valence-corrected chi connectivity index (χ1v) is 9.30. The third-order valence-electron chi connectivity index (χ3n) is 3.24. The van der Waals surface area contributed by atoms with Gasteiger partial charge in [-0.05, 0) is 12.1 Å². The molecule has 0 spiro atoms. The second kappa shape index (κ2) is 6.34. The molecule has 0 aliphatic heterocycles. The first-order valence-electron chi connectivity index (χ1n) is 7.05. The lowest BCUT2D eigenvalue weighted by Crippen LogP contribution is -2.18. The highest BCUT2D eigenvalue weighted by Crippen LogP contribution is 2.30. The number of hydrogen-bond acceptors (Lipinski definition) is 9. The summed E-state index contributed by atoms with van der Waals surface area (Å²) >= 11 is 0.786. The van der Waals surface area contributed by atoms with Crippen LogP contribution in [-0.2, 0) is 14.8 Å². The van der Waals surface area contributed by atoms with Crippen LogP contribution in [0.15, 0.2) is 22.5 Å². The highest BCUT2D eigenvalue weighted by molar-refractivity contribution is 7.92. The number of nitrogens with zero attached hydrogens (tertiary/aromatic N) is 4. The maximum atomic E-state index is 13.0. The van der Waals surface area contributed by atoms with E-state index in [4.69, 9.17) is 0 Å². The number of imidazole rings is 1. The van der Waals surface area contributed by atoms with Crippen molar-refractivity contribution in [1.82, 2.24) is 19.2 Å². The molecule has 0 atom stereocenters. The van der Waals surface area contributed by atoms with E-state index in [1.54, 1.807) is 7.05 Å². The van der Waals surface area contributed by atoms with E-state index < -0.39 is 21.9 Å². The molecule has 0 aliphatic rings. The molecule has 11 nitrogen and oxygen atoms in total. The number of carbonyl (C=O) groups excluding carboxylic acids is 1. The van der Waals surface area contributed by atoms with Crippen molar-refractivity contribution in [2.24, 2.45) is 0 Å². The number of para-hydroxylation sites is 1. The molecule has 0 radical (unpaired) electrons. The Balaban J connectivity index is 2.34. The van der Waals surface area contributed by atoms with Crippen molar-refractivity contribution in [3.63, 3.8) is 0 Å². The summed E-state index contributed by atoms with van der Waals surface area (Å²) in [7, 11) is -2.72. The number of amides is 1. The van der Waals surface area contributed by atoms with Crippen molar-refractivity contribution in [3.05, 3.63) is 23.8 Å². The Morgan fingerprint density at radius 3 is 2.58 bits per heavy atom. The minimum absolute atomic E-state index is 0.00476. The molecule has 2 heterocycles. The number of carboxylic acids is 1. The summed E-state index contributed by atoms with van der Waals surface area (Å²) in [5.41, 5.74) is -0.281. The molecule has 0 bridgehead atoms. The maximum absolute atomic E-state index is 13.0. The van der Waals surface area contributed by atoms with Crippen molar-refractivity contribution in [3.8, 4) is 0 Å². The van der Waals surface area contributed by atoms with Crippen LogP contribution in [0.25, 0.3) is 11.0 Å². The van der Waals surface area contributed by atoms with Gasteiger partial charge in [-0.25, -0.2) is 9.78 Å². The number of benzene rings is 1. The number of aromatic nitrogens is 4. The monoisotopic (exact) mass is 396 g/mol. The zero-order valence-corrected chi connectivity index (χ0v) is 15.1. The second-order valence-electron chi connectivity index (χ2n) is 4.99. The third-order valence-corrected chi connectivity index (χ3v) is 6.23. The van der Waals surface area contributed by atoms with Gasteiger partial charge >= 0.3 is 5.97 Å². The van der Waals surface area contributed by atoms with Gasteiger partial charge in [0, 0.05) is 14.0 Å². The SMILES string of the molecule is CNc1nnc(S(=O)(=O)n2c(NC(C)=O)nc3c(C(=O)O)cccc32)s1. The Bertz CT molecular complexity index is 1130. The number of hydrogen-bond donors (Lipinski definition) is 3. The van der Waals surface area contributed by atoms with Crippen molar-refractivity contribution in [1.29, 1.82) is 0 Å². The van der Waals surface area contributed by atoms with Gasteiger partial charge in [0.25, 0.3) is 14.4 Å². The Morgan fingerprint density at radius 2 is 2.00 bits per heavy atom. The van der Waals surface area contributed by atoms with E-state index in [2.05, 4.69) is 25.8 Å². The van der Waals surface area contributed by atoms with E-state index in [1.165, 1.54) is 25.1 Å². The van der Waals surface area contributed by atoms with Crippen LogP contribution in [0.1, 0.15) is 17.3 Å². The zero-order valence-electron chi connectivity index (χ0n) is 13.4. The van der Waals surface area contributed by atoms with Crippen molar-refractivity contribution >= 4 is 55.3 Å². The molecule has 0 aliphatic carbocycles. The average molecular weight is 396 g/mol. The third kappa shape index (κ3) is 2.86. The molecule has 0 saturated carbocycles. The molecule has 2 aromatic heterocycles. The Hall–Kier alpha value is -3.06. The van der Waals surface area contributed by atoms with Crippen LogP contribution in [0.3, 0.4) is 0 Å². The van der Waals surface area contributed by atoms with Crippen LogP contribution in [0.2, 0.25) is 0 Å². The van der Waals surface area contributed by atoms with E-state index in [0.29, 0.717) is 0 Å². The van der Waals surface area contributed by atoms with Crippen molar-refractivity contribution in [2.75, 3.05) is 17.7 Å². The van der Waals surface area contributed by atoms with Gasteiger partial charge in [-0.2, -0.15) is 12.4 Å². The number of carboxylic acid groups (broad SMARTS) is 1. The minimum Gasteiger partial charge on any atom is -0.478 e. The van der Waals surface area contributed by atoms with Crippen molar-refractivity contribution in [2.45, 2.75) is 11.3 Å². The number of anilines is 2. The minimum atomic E-state index is -4.28. The van der Waals surface area contributed by atoms with Gasteiger partial charge in [-0.15, -0.1) is 10.2 Å². The molecule has 0 saturated heterocycles. The van der Waals surface area contributed by atoms with Gasteiger partial charge in [0.1, 0.15) is 5.52 Å². The molecule has 3 aromatic rings. The summed E-state index contributed by atoms with van der Waals surface area (Å²) in [6, 6.07) is 4.06. The van der Waals surface area contributed by atoms with E-state index in [-0.39, 0.29) is 32.0 Å². The molecule has 1 amide bonds. The van der Waals surface area contributed by atoms with E-state index in [1.807, 2.05) is 0 Å². The van der Waals surface area contributed by atoms with Gasteiger partial charge in [0.2, 0.25) is 17.0 Å². The smallest absolute Gasteiger partial charge is 0.337 e. The van der Waals surface area contributed by atoms with Crippen LogP contribution in [0, 0.1) is 0 Å². The van der Waals surface area contributed by atoms with Crippen LogP contribution in [0.5, 0.6) is 0 Å². The normalized spacial score (nSPS) is 11.5. The number of rotatable bonds is 5. The molecule has 13 heteroatoms. The summed E-state index contributed by atoms with van der Waals surface area (Å²) in [6.45, 7) is 1.18. The zero-order chi connectivity index (χ0) is 19.1. The summed E-state index contributed by atoms with van der Waals surface area (Å²) in [4.78, 5) is 26.9. The van der Waals surface area contributed by atoms with Crippen molar-refractivity contribution < 1.29 is 23.1 Å². The van der Waals surface area contributed by atoms with Gasteiger partial charge in [-0.1, -0.05) is 17.4 Å². The fraction of sp³-hybridized carbons (Fsp3) is 0.154. The molecule has 136 valence electrons. The average Bonchev–Trinajstić information content (AvgIpc) is 3.18. The van der Waals surface area contributed by atoms with E-state index in [9.17, 15) is 23.1 Å². The summed E-state index contributed by atoms with van der Waals surface area (Å²) in [5, 5.41) is 21.9. The predicted octanol–water partition coefficient (Wildman–Crippen LogP) is 0.823. The molecular weight excluding hydrogens is 384 g/mol. The van der Waals surface area contributed by atoms with E-state index in [0.717, 1.165) is 15.3 Å². The Kier molecular flexibility index (Phi) is 4.33. The maximum Gasteiger partial charge on any atom is 0.337 e. The van der Waals surface area contributed by atoms with Gasteiger partial charge < -0.3 is 10.4 Å². The topological polar surface area (TPSA) is 156 Å². The molecule has 26 heavy (non-hydrogen) atoms. The number of nitrogens with one attached hydrogen (secondary N) is 2. The van der Waals surface area contributed by atoms with E-state index >= 15 is 0 Å². The molecular formula is C13H12N6O5S2. The van der Waals surface area contributed by atoms with Crippen LogP contribution < -0.4 is 10.6 Å². The Labute approximate surface area is 150 Å². The van der Waals surface area contributed by atoms with Crippen LogP contribution in [0.4, 0.5) is 11.1 Å². The summed E-state index contributed by atoms with van der Waals surface area (Å²) < 4.78 is 26.5. The first-order chi connectivity index (χ1) is 12.3. The highest BCUT2D eigenvalue weighted by atomic mass is 32.2. The lowest BCUT2D eigenvalue weighted by atomic mass is 10.2. The standard InChI is InChI=1S/C13H12N6O5S2/c1-6(20)15-11-16-9-7(10(21)22)4-3-5-8(9)19(11)26(23,24)13-18-17-12(14-2)25-13/h3-5H,1-2H3,(H,14,17)(H,21,22)(H,15,16,20). The number of carbonyl (C=O) groups is 2.